The van der Waals surface area contributed by atoms with Crippen molar-refractivity contribution in [3.8, 4) is 11.5 Å². The number of aryl methyl sites for hydroxylation is 1. The zero-order valence-corrected chi connectivity index (χ0v) is 20.4. The van der Waals surface area contributed by atoms with Gasteiger partial charge in [-0.2, -0.15) is 0 Å². The van der Waals surface area contributed by atoms with Crippen molar-refractivity contribution >= 4 is 11.8 Å². The molecule has 0 aliphatic carbocycles. The molecular formula is C27H38N2O4. The van der Waals surface area contributed by atoms with Gasteiger partial charge in [-0.1, -0.05) is 44.5 Å². The maximum atomic E-state index is 13.3. The van der Waals surface area contributed by atoms with E-state index in [9.17, 15) is 9.59 Å². The highest BCUT2D eigenvalue weighted by Gasteiger charge is 2.28. The average molecular weight is 455 g/mol. The largest absolute Gasteiger partial charge is 0.497 e. The molecule has 0 unspecified atom stereocenters. The predicted octanol–water partition coefficient (Wildman–Crippen LogP) is 4.89. The number of ether oxygens (including phenoxy) is 2. The van der Waals surface area contributed by atoms with Crippen LogP contribution in [-0.4, -0.2) is 43.0 Å². The van der Waals surface area contributed by atoms with E-state index in [2.05, 4.69) is 12.2 Å². The maximum Gasteiger partial charge on any atom is 0.242 e. The molecule has 2 aromatic carbocycles. The monoisotopic (exact) mass is 454 g/mol. The fourth-order valence-corrected chi connectivity index (χ4v) is 3.63. The van der Waals surface area contributed by atoms with Crippen LogP contribution in [0.25, 0.3) is 0 Å². The Morgan fingerprint density at radius 3 is 2.33 bits per heavy atom. The molecular weight excluding hydrogens is 416 g/mol. The molecule has 6 heteroatoms. The molecule has 0 radical (unpaired) electrons. The molecule has 0 aromatic heterocycles. The van der Waals surface area contributed by atoms with Crippen LogP contribution in [-0.2, 0) is 16.1 Å². The molecule has 0 aliphatic rings. The fourth-order valence-electron chi connectivity index (χ4n) is 3.63. The van der Waals surface area contributed by atoms with E-state index < -0.39 is 6.04 Å². The van der Waals surface area contributed by atoms with E-state index in [0.717, 1.165) is 35.5 Å². The SMILES string of the molecule is CCCCNC(=O)[C@@H](CC)N(Cc1ccccc1C)C(=O)CCCOc1ccc(OC)cc1. The Morgan fingerprint density at radius 1 is 1.00 bits per heavy atom. The lowest BCUT2D eigenvalue weighted by Crippen LogP contribution is -2.49. The molecule has 0 bridgehead atoms. The Labute approximate surface area is 198 Å². The van der Waals surface area contributed by atoms with E-state index in [1.165, 1.54) is 0 Å². The molecule has 33 heavy (non-hydrogen) atoms. The van der Waals surface area contributed by atoms with Crippen molar-refractivity contribution in [2.75, 3.05) is 20.3 Å². The van der Waals surface area contributed by atoms with Crippen LogP contribution in [0.4, 0.5) is 0 Å². The number of amides is 2. The summed E-state index contributed by atoms with van der Waals surface area (Å²) in [4.78, 5) is 27.9. The molecule has 2 aromatic rings. The number of nitrogens with zero attached hydrogens (tertiary/aromatic N) is 1. The van der Waals surface area contributed by atoms with Crippen molar-refractivity contribution in [1.29, 1.82) is 0 Å². The zero-order chi connectivity index (χ0) is 24.1. The number of unbranched alkanes of at least 4 members (excludes halogenated alkanes) is 1. The minimum atomic E-state index is -0.489. The first kappa shape index (κ1) is 26.2. The molecule has 2 rings (SSSR count). The molecule has 1 N–H and O–H groups in total. The van der Waals surface area contributed by atoms with E-state index >= 15 is 0 Å². The molecule has 0 saturated heterocycles. The molecule has 1 atom stereocenters. The van der Waals surface area contributed by atoms with E-state index in [1.807, 2.05) is 62.4 Å². The first-order valence-electron chi connectivity index (χ1n) is 11.9. The summed E-state index contributed by atoms with van der Waals surface area (Å²) in [5, 5.41) is 3.00. The average Bonchev–Trinajstić information content (AvgIpc) is 2.83. The molecule has 0 heterocycles. The lowest BCUT2D eigenvalue weighted by atomic mass is 10.1. The number of carbonyl (C=O) groups is 2. The standard InChI is InChI=1S/C27H38N2O4/c1-5-7-18-28-27(31)25(6-2)29(20-22-12-9-8-11-21(22)3)26(30)13-10-19-33-24-16-14-23(32-4)15-17-24/h8-9,11-12,14-17,25H,5-7,10,13,18-20H2,1-4H3,(H,28,31)/t25-/m1/s1. The summed E-state index contributed by atoms with van der Waals surface area (Å²) >= 11 is 0. The lowest BCUT2D eigenvalue weighted by Gasteiger charge is -2.31. The topological polar surface area (TPSA) is 67.9 Å². The van der Waals surface area contributed by atoms with Gasteiger partial charge < -0.3 is 19.7 Å². The maximum absolute atomic E-state index is 13.3. The molecule has 0 spiro atoms. The summed E-state index contributed by atoms with van der Waals surface area (Å²) in [5.74, 6) is 1.39. The van der Waals surface area contributed by atoms with Gasteiger partial charge in [0.2, 0.25) is 11.8 Å². The summed E-state index contributed by atoms with van der Waals surface area (Å²) in [6.45, 7) is 7.55. The predicted molar refractivity (Wildman–Crippen MR) is 131 cm³/mol. The number of rotatable bonds is 14. The molecule has 2 amide bonds. The third kappa shape index (κ3) is 8.44. The highest BCUT2D eigenvalue weighted by molar-refractivity contribution is 5.87. The minimum Gasteiger partial charge on any atom is -0.497 e. The number of hydrogen-bond acceptors (Lipinski definition) is 4. The molecule has 0 aliphatic heterocycles. The number of hydrogen-bond donors (Lipinski definition) is 1. The minimum absolute atomic E-state index is 0.0333. The number of benzene rings is 2. The van der Waals surface area contributed by atoms with Crippen LogP contribution in [0.1, 0.15) is 57.1 Å². The Balaban J connectivity index is 2.02. The first-order valence-corrected chi connectivity index (χ1v) is 11.9. The third-order valence-corrected chi connectivity index (χ3v) is 5.68. The van der Waals surface area contributed by atoms with Crippen molar-refractivity contribution in [3.05, 3.63) is 59.7 Å². The number of methoxy groups -OCH3 is 1. The molecule has 180 valence electrons. The van der Waals surface area contributed by atoms with Gasteiger partial charge in [0.25, 0.3) is 0 Å². The number of carbonyl (C=O) groups excluding carboxylic acids is 2. The van der Waals surface area contributed by atoms with Gasteiger partial charge in [0.1, 0.15) is 17.5 Å². The Kier molecular flexibility index (Phi) is 11.3. The van der Waals surface area contributed by atoms with Crippen LogP contribution in [0.15, 0.2) is 48.5 Å². The summed E-state index contributed by atoms with van der Waals surface area (Å²) < 4.78 is 10.9. The Morgan fingerprint density at radius 2 is 1.70 bits per heavy atom. The van der Waals surface area contributed by atoms with Crippen LogP contribution < -0.4 is 14.8 Å². The quantitative estimate of drug-likeness (QED) is 0.413. The van der Waals surface area contributed by atoms with Gasteiger partial charge in [0, 0.05) is 19.5 Å². The Bertz CT molecular complexity index is 867. The van der Waals surface area contributed by atoms with Gasteiger partial charge >= 0.3 is 0 Å². The Hall–Kier alpha value is -3.02. The second-order valence-corrected chi connectivity index (χ2v) is 8.14. The van der Waals surface area contributed by atoms with E-state index in [-0.39, 0.29) is 11.8 Å². The van der Waals surface area contributed by atoms with E-state index in [1.54, 1.807) is 12.0 Å². The van der Waals surface area contributed by atoms with Gasteiger partial charge in [0.05, 0.1) is 13.7 Å². The smallest absolute Gasteiger partial charge is 0.242 e. The van der Waals surface area contributed by atoms with E-state index in [4.69, 9.17) is 9.47 Å². The van der Waals surface area contributed by atoms with Crippen LogP contribution in [0, 0.1) is 6.92 Å². The second kappa shape index (κ2) is 14.2. The summed E-state index contributed by atoms with van der Waals surface area (Å²) in [6.07, 6.45) is 3.40. The highest BCUT2D eigenvalue weighted by atomic mass is 16.5. The molecule has 6 nitrogen and oxygen atoms in total. The third-order valence-electron chi connectivity index (χ3n) is 5.68. The van der Waals surface area contributed by atoms with Gasteiger partial charge in [0.15, 0.2) is 0 Å². The fraction of sp³-hybridized carbons (Fsp3) is 0.481. The summed E-state index contributed by atoms with van der Waals surface area (Å²) in [5.41, 5.74) is 2.17. The van der Waals surface area contributed by atoms with Gasteiger partial charge in [-0.3, -0.25) is 9.59 Å². The zero-order valence-electron chi connectivity index (χ0n) is 20.4. The van der Waals surface area contributed by atoms with Crippen molar-refractivity contribution in [2.24, 2.45) is 0 Å². The van der Waals surface area contributed by atoms with Crippen LogP contribution >= 0.6 is 0 Å². The molecule has 0 fully saturated rings. The van der Waals surface area contributed by atoms with Crippen LogP contribution in [0.5, 0.6) is 11.5 Å². The summed E-state index contributed by atoms with van der Waals surface area (Å²) in [7, 11) is 1.62. The summed E-state index contributed by atoms with van der Waals surface area (Å²) in [6, 6.07) is 14.9. The van der Waals surface area contributed by atoms with Crippen molar-refractivity contribution in [3.63, 3.8) is 0 Å². The first-order chi connectivity index (χ1) is 16.0. The van der Waals surface area contributed by atoms with Crippen molar-refractivity contribution < 1.29 is 19.1 Å². The highest BCUT2D eigenvalue weighted by Crippen LogP contribution is 2.19. The second-order valence-electron chi connectivity index (χ2n) is 8.14. The van der Waals surface area contributed by atoms with Crippen molar-refractivity contribution in [1.82, 2.24) is 10.2 Å². The van der Waals surface area contributed by atoms with E-state index in [0.29, 0.717) is 39.0 Å². The van der Waals surface area contributed by atoms with Crippen LogP contribution in [0.3, 0.4) is 0 Å². The number of nitrogens with one attached hydrogen (secondary N) is 1. The lowest BCUT2D eigenvalue weighted by molar-refractivity contribution is -0.141. The van der Waals surface area contributed by atoms with Crippen molar-refractivity contribution in [2.45, 2.75) is 65.5 Å². The molecule has 0 saturated carbocycles. The van der Waals surface area contributed by atoms with Gasteiger partial charge in [-0.15, -0.1) is 0 Å². The van der Waals surface area contributed by atoms with Gasteiger partial charge in [-0.05, 0) is 61.6 Å². The van der Waals surface area contributed by atoms with Gasteiger partial charge in [-0.25, -0.2) is 0 Å². The van der Waals surface area contributed by atoms with Crippen LogP contribution in [0.2, 0.25) is 0 Å². The normalized spacial score (nSPS) is 11.5.